The maximum absolute atomic E-state index is 13.2. The number of methoxy groups -OCH3 is 1. The SMILES string of the molecule is COc1ccc(-c2cc([N+](=O)[O-])ccc2O[C@@H](C)C(=O)Nc2ccc(F)cc2Cl)cc1. The summed E-state index contributed by atoms with van der Waals surface area (Å²) < 4.78 is 24.1. The number of halogens is 2. The summed E-state index contributed by atoms with van der Waals surface area (Å²) in [6, 6.07) is 14.6. The summed E-state index contributed by atoms with van der Waals surface area (Å²) in [6.45, 7) is 1.52. The molecule has 0 bridgehead atoms. The van der Waals surface area contributed by atoms with Crippen molar-refractivity contribution in [2.45, 2.75) is 13.0 Å². The van der Waals surface area contributed by atoms with E-state index in [2.05, 4.69) is 5.32 Å². The quantitative estimate of drug-likeness (QED) is 0.385. The second-order valence-electron chi connectivity index (χ2n) is 6.54. The molecule has 0 saturated carbocycles. The molecule has 0 aliphatic heterocycles. The lowest BCUT2D eigenvalue weighted by atomic mass is 10.0. The van der Waals surface area contributed by atoms with E-state index in [-0.39, 0.29) is 22.1 Å². The molecule has 160 valence electrons. The first kappa shape index (κ1) is 22.0. The van der Waals surface area contributed by atoms with Crippen molar-refractivity contribution in [1.29, 1.82) is 0 Å². The summed E-state index contributed by atoms with van der Waals surface area (Å²) in [5, 5.41) is 13.9. The van der Waals surface area contributed by atoms with Crippen LogP contribution in [0, 0.1) is 15.9 Å². The highest BCUT2D eigenvalue weighted by atomic mass is 35.5. The van der Waals surface area contributed by atoms with Crippen molar-refractivity contribution in [1.82, 2.24) is 0 Å². The highest BCUT2D eigenvalue weighted by Gasteiger charge is 2.20. The molecule has 0 aromatic heterocycles. The Morgan fingerprint density at radius 2 is 1.84 bits per heavy atom. The van der Waals surface area contributed by atoms with Gasteiger partial charge in [0.25, 0.3) is 11.6 Å². The minimum Gasteiger partial charge on any atom is -0.497 e. The van der Waals surface area contributed by atoms with Crippen LogP contribution in [-0.2, 0) is 4.79 Å². The summed E-state index contributed by atoms with van der Waals surface area (Å²) in [5.41, 5.74) is 1.21. The molecular weight excluding hydrogens is 427 g/mol. The van der Waals surface area contributed by atoms with E-state index in [0.717, 1.165) is 6.07 Å². The van der Waals surface area contributed by atoms with Gasteiger partial charge in [-0.2, -0.15) is 0 Å². The Labute approximate surface area is 182 Å². The van der Waals surface area contributed by atoms with Crippen LogP contribution in [0.5, 0.6) is 11.5 Å². The summed E-state index contributed by atoms with van der Waals surface area (Å²) in [5.74, 6) is -0.140. The number of amides is 1. The van der Waals surface area contributed by atoms with Crippen molar-refractivity contribution >= 4 is 28.9 Å². The number of rotatable bonds is 7. The van der Waals surface area contributed by atoms with Crippen LogP contribution in [0.2, 0.25) is 5.02 Å². The third-order valence-electron chi connectivity index (χ3n) is 4.44. The van der Waals surface area contributed by atoms with E-state index >= 15 is 0 Å². The van der Waals surface area contributed by atoms with E-state index in [9.17, 15) is 19.3 Å². The van der Waals surface area contributed by atoms with Crippen molar-refractivity contribution in [3.63, 3.8) is 0 Å². The largest absolute Gasteiger partial charge is 0.497 e. The fraction of sp³-hybridized carbons (Fsp3) is 0.136. The number of nitro benzene ring substituents is 1. The summed E-state index contributed by atoms with van der Waals surface area (Å²) in [6.07, 6.45) is -0.973. The number of carbonyl (C=O) groups excluding carboxylic acids is 1. The van der Waals surface area contributed by atoms with Crippen LogP contribution in [0.1, 0.15) is 6.92 Å². The first-order valence-corrected chi connectivity index (χ1v) is 9.51. The number of ether oxygens (including phenoxy) is 2. The van der Waals surface area contributed by atoms with E-state index in [4.69, 9.17) is 21.1 Å². The molecule has 0 unspecified atom stereocenters. The molecule has 3 rings (SSSR count). The zero-order valence-electron chi connectivity index (χ0n) is 16.6. The van der Waals surface area contributed by atoms with Gasteiger partial charge in [0.15, 0.2) is 6.10 Å². The predicted molar refractivity (Wildman–Crippen MR) is 115 cm³/mol. The molecule has 3 aromatic carbocycles. The van der Waals surface area contributed by atoms with Crippen molar-refractivity contribution in [3.05, 3.63) is 81.6 Å². The Bertz CT molecular complexity index is 1120. The number of carbonyl (C=O) groups is 1. The lowest BCUT2D eigenvalue weighted by Crippen LogP contribution is -2.30. The molecule has 1 atom stereocenters. The number of nitrogens with zero attached hydrogens (tertiary/aromatic N) is 1. The zero-order chi connectivity index (χ0) is 22.5. The highest BCUT2D eigenvalue weighted by Crippen LogP contribution is 2.35. The van der Waals surface area contributed by atoms with Gasteiger partial charge in [0.2, 0.25) is 0 Å². The number of benzene rings is 3. The second kappa shape index (κ2) is 9.44. The Kier molecular flexibility index (Phi) is 6.71. The molecule has 0 saturated heterocycles. The summed E-state index contributed by atoms with van der Waals surface area (Å²) in [4.78, 5) is 23.3. The molecule has 31 heavy (non-hydrogen) atoms. The van der Waals surface area contributed by atoms with Crippen molar-refractivity contribution in [2.24, 2.45) is 0 Å². The molecule has 9 heteroatoms. The molecule has 0 spiro atoms. The lowest BCUT2D eigenvalue weighted by Gasteiger charge is -2.18. The Balaban J connectivity index is 1.86. The number of nitro groups is 1. The van der Waals surface area contributed by atoms with Crippen LogP contribution >= 0.6 is 11.6 Å². The van der Waals surface area contributed by atoms with Gasteiger partial charge in [-0.1, -0.05) is 23.7 Å². The molecule has 1 amide bonds. The van der Waals surface area contributed by atoms with Gasteiger partial charge in [-0.3, -0.25) is 14.9 Å². The number of non-ortho nitro benzene ring substituents is 1. The third-order valence-corrected chi connectivity index (χ3v) is 4.75. The minimum absolute atomic E-state index is 0.0507. The number of hydrogen-bond acceptors (Lipinski definition) is 5. The molecular formula is C22H18ClFN2O5. The topological polar surface area (TPSA) is 90.7 Å². The van der Waals surface area contributed by atoms with E-state index in [0.29, 0.717) is 16.9 Å². The molecule has 0 aliphatic rings. The second-order valence-corrected chi connectivity index (χ2v) is 6.95. The van der Waals surface area contributed by atoms with Gasteiger partial charge in [-0.15, -0.1) is 0 Å². The van der Waals surface area contributed by atoms with Gasteiger partial charge in [0.05, 0.1) is 22.7 Å². The molecule has 1 N–H and O–H groups in total. The van der Waals surface area contributed by atoms with Crippen molar-refractivity contribution in [2.75, 3.05) is 12.4 Å². The van der Waals surface area contributed by atoms with Crippen LogP contribution < -0.4 is 14.8 Å². The zero-order valence-corrected chi connectivity index (χ0v) is 17.4. The van der Waals surface area contributed by atoms with Gasteiger partial charge in [-0.05, 0) is 48.9 Å². The maximum Gasteiger partial charge on any atom is 0.270 e. The molecule has 0 aliphatic carbocycles. The molecule has 0 fully saturated rings. The highest BCUT2D eigenvalue weighted by molar-refractivity contribution is 6.33. The summed E-state index contributed by atoms with van der Waals surface area (Å²) >= 11 is 5.95. The first-order valence-electron chi connectivity index (χ1n) is 9.14. The van der Waals surface area contributed by atoms with Gasteiger partial charge < -0.3 is 14.8 Å². The van der Waals surface area contributed by atoms with E-state index < -0.39 is 22.8 Å². The maximum atomic E-state index is 13.2. The Hall–Kier alpha value is -3.65. The number of anilines is 1. The molecule has 7 nitrogen and oxygen atoms in total. The third kappa shape index (κ3) is 5.29. The average Bonchev–Trinajstić information content (AvgIpc) is 2.75. The predicted octanol–water partition coefficient (Wildman–Crippen LogP) is 5.47. The van der Waals surface area contributed by atoms with Gasteiger partial charge in [0, 0.05) is 17.7 Å². The monoisotopic (exact) mass is 444 g/mol. The number of nitrogens with one attached hydrogen (secondary N) is 1. The van der Waals surface area contributed by atoms with Crippen LogP contribution in [0.15, 0.2) is 60.7 Å². The van der Waals surface area contributed by atoms with E-state index in [1.807, 2.05) is 0 Å². The lowest BCUT2D eigenvalue weighted by molar-refractivity contribution is -0.384. The minimum atomic E-state index is -0.973. The fourth-order valence-corrected chi connectivity index (χ4v) is 3.01. The van der Waals surface area contributed by atoms with Crippen molar-refractivity contribution < 1.29 is 23.6 Å². The number of hydrogen-bond donors (Lipinski definition) is 1. The van der Waals surface area contributed by atoms with Crippen LogP contribution in [0.4, 0.5) is 15.8 Å². The van der Waals surface area contributed by atoms with Gasteiger partial charge in [-0.25, -0.2) is 4.39 Å². The Morgan fingerprint density at radius 1 is 1.13 bits per heavy atom. The van der Waals surface area contributed by atoms with Gasteiger partial charge >= 0.3 is 0 Å². The average molecular weight is 445 g/mol. The van der Waals surface area contributed by atoms with Crippen LogP contribution in [0.25, 0.3) is 11.1 Å². The normalized spacial score (nSPS) is 11.5. The van der Waals surface area contributed by atoms with Crippen LogP contribution in [0.3, 0.4) is 0 Å². The smallest absolute Gasteiger partial charge is 0.270 e. The van der Waals surface area contributed by atoms with E-state index in [1.165, 1.54) is 44.4 Å². The van der Waals surface area contributed by atoms with Gasteiger partial charge in [0.1, 0.15) is 17.3 Å². The molecule has 3 aromatic rings. The van der Waals surface area contributed by atoms with Crippen molar-refractivity contribution in [3.8, 4) is 22.6 Å². The standard InChI is InChI=1S/C22H18ClFN2O5/c1-13(22(27)25-20-9-5-15(24)11-19(20)23)31-21-10-6-16(26(28)29)12-18(21)14-3-7-17(30-2)8-4-14/h3-13H,1-2H3,(H,25,27)/t13-/m0/s1. The van der Waals surface area contributed by atoms with Crippen LogP contribution in [-0.4, -0.2) is 24.0 Å². The molecule has 0 heterocycles. The first-order chi connectivity index (χ1) is 14.8. The molecule has 0 radical (unpaired) electrons. The van der Waals surface area contributed by atoms with E-state index in [1.54, 1.807) is 24.3 Å². The summed E-state index contributed by atoms with van der Waals surface area (Å²) in [7, 11) is 1.53. The fourth-order valence-electron chi connectivity index (χ4n) is 2.80. The Morgan fingerprint density at radius 3 is 2.45 bits per heavy atom.